The molecule has 0 saturated heterocycles. The lowest BCUT2D eigenvalue weighted by Crippen LogP contribution is -2.22. The third-order valence-corrected chi connectivity index (χ3v) is 6.51. The number of carbonyl (C=O) groups is 1. The monoisotopic (exact) mass is 490 g/mol. The number of benzene rings is 3. The van der Waals surface area contributed by atoms with E-state index >= 15 is 0 Å². The third-order valence-electron chi connectivity index (χ3n) is 5.90. The molecule has 1 aliphatic rings. The number of sulfonamides is 1. The minimum Gasteiger partial charge on any atom is -0.354 e. The molecule has 0 radical (unpaired) electrons. The van der Waals surface area contributed by atoms with Gasteiger partial charge in [0.15, 0.2) is 0 Å². The van der Waals surface area contributed by atoms with E-state index in [2.05, 4.69) is 46.2 Å². The zero-order valence-corrected chi connectivity index (χ0v) is 20.9. The molecule has 1 aliphatic heterocycles. The van der Waals surface area contributed by atoms with Gasteiger partial charge in [0.2, 0.25) is 10.0 Å². The Balaban J connectivity index is 1.75. The quantitative estimate of drug-likeness (QED) is 0.374. The molecular formula is C27H30N4O3S. The summed E-state index contributed by atoms with van der Waals surface area (Å²) in [7, 11) is -3.45. The number of nitrogens with one attached hydrogen (secondary N) is 3. The number of nitrogens with zero attached hydrogens (tertiary/aromatic N) is 1. The number of amides is 1. The van der Waals surface area contributed by atoms with E-state index < -0.39 is 10.0 Å². The molecule has 1 heterocycles. The van der Waals surface area contributed by atoms with E-state index in [0.717, 1.165) is 37.1 Å². The van der Waals surface area contributed by atoms with Crippen LogP contribution in [-0.2, 0) is 21.4 Å². The normalized spacial score (nSPS) is 14.5. The Morgan fingerprint density at radius 3 is 2.20 bits per heavy atom. The molecule has 0 saturated carbocycles. The number of rotatable bonds is 9. The van der Waals surface area contributed by atoms with E-state index in [1.54, 1.807) is 18.2 Å². The minimum absolute atomic E-state index is 0.249. The fourth-order valence-corrected chi connectivity index (χ4v) is 4.68. The van der Waals surface area contributed by atoms with Gasteiger partial charge in [-0.2, -0.15) is 0 Å². The number of hydrogen-bond donors (Lipinski definition) is 3. The SMILES string of the molecule is CCN(CC)Cc1ccc(N/C(=C2\C(=O)Nc3ccc(NS(C)(=O)=O)cc32)c2ccccc2)cc1. The Hall–Kier alpha value is -3.62. The predicted molar refractivity (Wildman–Crippen MR) is 143 cm³/mol. The Morgan fingerprint density at radius 2 is 1.57 bits per heavy atom. The Labute approximate surface area is 206 Å². The van der Waals surface area contributed by atoms with E-state index in [0.29, 0.717) is 28.2 Å². The zero-order chi connectivity index (χ0) is 25.0. The van der Waals surface area contributed by atoms with E-state index in [4.69, 9.17) is 0 Å². The topological polar surface area (TPSA) is 90.5 Å². The van der Waals surface area contributed by atoms with Crippen LogP contribution in [0.5, 0.6) is 0 Å². The van der Waals surface area contributed by atoms with Crippen LogP contribution in [0.2, 0.25) is 0 Å². The summed E-state index contributed by atoms with van der Waals surface area (Å²) in [4.78, 5) is 15.5. The van der Waals surface area contributed by atoms with Crippen LogP contribution >= 0.6 is 0 Å². The molecule has 0 aliphatic carbocycles. The van der Waals surface area contributed by atoms with E-state index in [9.17, 15) is 13.2 Å². The van der Waals surface area contributed by atoms with Crippen LogP contribution in [0.3, 0.4) is 0 Å². The van der Waals surface area contributed by atoms with Crippen LogP contribution < -0.4 is 15.4 Å². The molecule has 0 unspecified atom stereocenters. The van der Waals surface area contributed by atoms with Crippen LogP contribution in [0.4, 0.5) is 17.1 Å². The van der Waals surface area contributed by atoms with E-state index in [-0.39, 0.29) is 5.91 Å². The first-order valence-corrected chi connectivity index (χ1v) is 13.5. The van der Waals surface area contributed by atoms with Crippen molar-refractivity contribution in [2.75, 3.05) is 34.7 Å². The summed E-state index contributed by atoms with van der Waals surface area (Å²) >= 11 is 0. The summed E-state index contributed by atoms with van der Waals surface area (Å²) in [5, 5.41) is 6.35. The molecule has 0 bridgehead atoms. The zero-order valence-electron chi connectivity index (χ0n) is 20.1. The number of carbonyl (C=O) groups excluding carboxylic acids is 1. The van der Waals surface area contributed by atoms with Crippen molar-refractivity contribution in [3.63, 3.8) is 0 Å². The van der Waals surface area contributed by atoms with Gasteiger partial charge in [-0.3, -0.25) is 14.4 Å². The van der Waals surface area contributed by atoms with E-state index in [1.165, 1.54) is 5.56 Å². The first kappa shape index (κ1) is 24.5. The van der Waals surface area contributed by atoms with Crippen LogP contribution in [-0.4, -0.2) is 38.6 Å². The Bertz CT molecular complexity index is 1350. The largest absolute Gasteiger partial charge is 0.354 e. The second kappa shape index (κ2) is 10.3. The lowest BCUT2D eigenvalue weighted by Gasteiger charge is -2.19. The molecule has 3 N–H and O–H groups in total. The van der Waals surface area contributed by atoms with Crippen LogP contribution in [0.15, 0.2) is 72.8 Å². The predicted octanol–water partition coefficient (Wildman–Crippen LogP) is 4.83. The lowest BCUT2D eigenvalue weighted by molar-refractivity contribution is -0.110. The molecule has 0 fully saturated rings. The molecule has 3 aromatic carbocycles. The van der Waals surface area contributed by atoms with Crippen molar-refractivity contribution in [3.05, 3.63) is 89.5 Å². The molecule has 0 atom stereocenters. The van der Waals surface area contributed by atoms with Crippen molar-refractivity contribution in [1.29, 1.82) is 0 Å². The smallest absolute Gasteiger partial charge is 0.258 e. The lowest BCUT2D eigenvalue weighted by atomic mass is 9.99. The number of hydrogen-bond acceptors (Lipinski definition) is 5. The van der Waals surface area contributed by atoms with Gasteiger partial charge in [-0.15, -0.1) is 0 Å². The van der Waals surface area contributed by atoms with Gasteiger partial charge in [0.25, 0.3) is 5.91 Å². The minimum atomic E-state index is -3.45. The first-order chi connectivity index (χ1) is 16.8. The van der Waals surface area contributed by atoms with Crippen molar-refractivity contribution in [1.82, 2.24) is 4.90 Å². The molecule has 35 heavy (non-hydrogen) atoms. The molecule has 7 nitrogen and oxygen atoms in total. The highest BCUT2D eigenvalue weighted by Crippen LogP contribution is 2.39. The maximum atomic E-state index is 13.1. The van der Waals surface area contributed by atoms with Crippen molar-refractivity contribution in [3.8, 4) is 0 Å². The van der Waals surface area contributed by atoms with Crippen molar-refractivity contribution >= 4 is 44.3 Å². The fourth-order valence-electron chi connectivity index (χ4n) is 4.12. The summed E-state index contributed by atoms with van der Waals surface area (Å²) in [6, 6.07) is 22.9. The Morgan fingerprint density at radius 1 is 0.914 bits per heavy atom. The molecule has 3 aromatic rings. The molecular weight excluding hydrogens is 460 g/mol. The van der Waals surface area contributed by atoms with Crippen molar-refractivity contribution < 1.29 is 13.2 Å². The van der Waals surface area contributed by atoms with E-state index in [1.807, 2.05) is 42.5 Å². The third kappa shape index (κ3) is 5.90. The van der Waals surface area contributed by atoms with Crippen molar-refractivity contribution in [2.24, 2.45) is 0 Å². The molecule has 0 spiro atoms. The summed E-state index contributed by atoms with van der Waals surface area (Å²) in [5.74, 6) is -0.249. The summed E-state index contributed by atoms with van der Waals surface area (Å²) in [5.41, 5.74) is 5.68. The molecule has 1 amide bonds. The fraction of sp³-hybridized carbons (Fsp3) is 0.222. The van der Waals surface area contributed by atoms with Gasteiger partial charge in [0.1, 0.15) is 0 Å². The second-order valence-corrected chi connectivity index (χ2v) is 10.2. The average molecular weight is 491 g/mol. The first-order valence-electron chi connectivity index (χ1n) is 11.6. The summed E-state index contributed by atoms with van der Waals surface area (Å²) < 4.78 is 26.0. The number of fused-ring (bicyclic) bond motifs is 1. The summed E-state index contributed by atoms with van der Waals surface area (Å²) in [6.07, 6.45) is 1.10. The highest BCUT2D eigenvalue weighted by atomic mass is 32.2. The van der Waals surface area contributed by atoms with Crippen LogP contribution in [0.25, 0.3) is 11.3 Å². The standard InChI is InChI=1S/C27H30N4O3S/c1-4-31(5-2)18-19-11-13-21(14-12-19)28-26(20-9-7-6-8-10-20)25-23-17-22(30-35(3,33)34)15-16-24(23)29-27(25)32/h6-17,28,30H,4-5,18H2,1-3H3,(H,29,32)/b26-25-. The number of anilines is 3. The van der Waals surface area contributed by atoms with Gasteiger partial charge in [0, 0.05) is 29.2 Å². The Kier molecular flexibility index (Phi) is 7.23. The average Bonchev–Trinajstić information content (AvgIpc) is 3.16. The molecule has 182 valence electrons. The second-order valence-electron chi connectivity index (χ2n) is 8.49. The van der Waals surface area contributed by atoms with Crippen LogP contribution in [0, 0.1) is 0 Å². The maximum absolute atomic E-state index is 13.1. The summed E-state index contributed by atoms with van der Waals surface area (Å²) in [6.45, 7) is 7.17. The maximum Gasteiger partial charge on any atom is 0.258 e. The van der Waals surface area contributed by atoms with Gasteiger partial charge < -0.3 is 10.6 Å². The highest BCUT2D eigenvalue weighted by Gasteiger charge is 2.29. The highest BCUT2D eigenvalue weighted by molar-refractivity contribution is 7.92. The molecule has 4 rings (SSSR count). The van der Waals surface area contributed by atoms with Gasteiger partial charge in [-0.1, -0.05) is 56.3 Å². The van der Waals surface area contributed by atoms with Gasteiger partial charge >= 0.3 is 0 Å². The van der Waals surface area contributed by atoms with Crippen LogP contribution in [0.1, 0.15) is 30.5 Å². The van der Waals surface area contributed by atoms with Gasteiger partial charge in [0.05, 0.1) is 17.5 Å². The van der Waals surface area contributed by atoms with Gasteiger partial charge in [-0.05, 0) is 54.5 Å². The molecule has 8 heteroatoms. The van der Waals surface area contributed by atoms with Gasteiger partial charge in [-0.25, -0.2) is 8.42 Å². The molecule has 0 aromatic heterocycles. The van der Waals surface area contributed by atoms with Crippen molar-refractivity contribution in [2.45, 2.75) is 20.4 Å².